The fraction of sp³-hybridized carbons (Fsp3) is 0.467. The van der Waals surface area contributed by atoms with Crippen LogP contribution in [0.4, 0.5) is 5.82 Å². The Morgan fingerprint density at radius 2 is 2.17 bits per heavy atom. The molecule has 3 heterocycles. The monoisotopic (exact) mass is 427 g/mol. The van der Waals surface area contributed by atoms with Gasteiger partial charge in [0.2, 0.25) is 0 Å². The summed E-state index contributed by atoms with van der Waals surface area (Å²) in [5.74, 6) is 3.18. The maximum Gasteiger partial charge on any atom is 0.194 e. The first-order chi connectivity index (χ1) is 10.8. The van der Waals surface area contributed by atoms with Gasteiger partial charge in [-0.05, 0) is 25.0 Å². The highest BCUT2D eigenvalue weighted by Crippen LogP contribution is 2.14. The third-order valence-corrected chi connectivity index (χ3v) is 3.72. The Kier molecular flexibility index (Phi) is 6.75. The van der Waals surface area contributed by atoms with Gasteiger partial charge in [0.1, 0.15) is 17.5 Å². The van der Waals surface area contributed by atoms with Crippen LogP contribution in [0.15, 0.2) is 29.4 Å². The van der Waals surface area contributed by atoms with Gasteiger partial charge in [0.25, 0.3) is 0 Å². The Labute approximate surface area is 152 Å². The number of aryl methyl sites for hydroxylation is 1. The molecular weight excluding hydrogens is 405 g/mol. The van der Waals surface area contributed by atoms with Gasteiger partial charge in [-0.1, -0.05) is 12.5 Å². The minimum Gasteiger partial charge on any atom is -0.370 e. The number of pyridine rings is 1. The third kappa shape index (κ3) is 4.88. The zero-order chi connectivity index (χ0) is 15.2. The molecule has 8 heteroatoms. The van der Waals surface area contributed by atoms with Crippen molar-refractivity contribution in [2.75, 3.05) is 11.9 Å². The van der Waals surface area contributed by atoms with Crippen LogP contribution in [0.1, 0.15) is 30.9 Å². The van der Waals surface area contributed by atoms with Gasteiger partial charge in [-0.15, -0.1) is 34.2 Å². The van der Waals surface area contributed by atoms with Crippen molar-refractivity contribution in [3.63, 3.8) is 0 Å². The molecular formula is C15H22IN7. The summed E-state index contributed by atoms with van der Waals surface area (Å²) in [4.78, 5) is 8.48. The van der Waals surface area contributed by atoms with Gasteiger partial charge < -0.3 is 15.6 Å². The molecule has 0 radical (unpaired) electrons. The molecule has 0 aliphatic carbocycles. The van der Waals surface area contributed by atoms with Crippen molar-refractivity contribution in [1.82, 2.24) is 19.7 Å². The Morgan fingerprint density at radius 3 is 3.00 bits per heavy atom. The Bertz CT molecular complexity index is 639. The topological polar surface area (TPSA) is 94.0 Å². The van der Waals surface area contributed by atoms with Crippen molar-refractivity contribution < 1.29 is 0 Å². The summed E-state index contributed by atoms with van der Waals surface area (Å²) in [6.07, 6.45) is 7.15. The van der Waals surface area contributed by atoms with E-state index in [2.05, 4.69) is 30.1 Å². The summed E-state index contributed by atoms with van der Waals surface area (Å²) in [6, 6.07) is 5.60. The van der Waals surface area contributed by atoms with Crippen LogP contribution in [-0.2, 0) is 19.4 Å². The average Bonchev–Trinajstić information content (AvgIpc) is 2.76. The first kappa shape index (κ1) is 17.6. The Balaban J connectivity index is 0.00000192. The van der Waals surface area contributed by atoms with Crippen LogP contribution in [0.3, 0.4) is 0 Å². The van der Waals surface area contributed by atoms with Crippen LogP contribution >= 0.6 is 24.0 Å². The number of nitrogens with two attached hydrogens (primary N) is 1. The largest absolute Gasteiger partial charge is 0.370 e. The van der Waals surface area contributed by atoms with Crippen LogP contribution < -0.4 is 11.1 Å². The smallest absolute Gasteiger partial charge is 0.194 e. The van der Waals surface area contributed by atoms with E-state index in [0.29, 0.717) is 18.3 Å². The Morgan fingerprint density at radius 1 is 1.26 bits per heavy atom. The number of guanidine groups is 1. The number of aliphatic imine (C=N–C) groups is 1. The normalized spacial score (nSPS) is 14.5. The van der Waals surface area contributed by atoms with Gasteiger partial charge in [0, 0.05) is 32.1 Å². The lowest BCUT2D eigenvalue weighted by atomic mass is 10.2. The van der Waals surface area contributed by atoms with Crippen LogP contribution in [0.25, 0.3) is 0 Å². The molecule has 3 rings (SSSR count). The summed E-state index contributed by atoms with van der Waals surface area (Å²) < 4.78 is 2.24. The molecule has 1 aliphatic rings. The molecule has 0 unspecified atom stereocenters. The molecule has 23 heavy (non-hydrogen) atoms. The number of nitrogens with one attached hydrogen (secondary N) is 1. The SMILES string of the molecule is I.NC(=NCCc1nnc2n1CCCCC2)Nc1ccccn1. The van der Waals surface area contributed by atoms with E-state index < -0.39 is 0 Å². The second-order valence-corrected chi connectivity index (χ2v) is 5.35. The van der Waals surface area contributed by atoms with Crippen molar-refractivity contribution >= 4 is 35.8 Å². The second-order valence-electron chi connectivity index (χ2n) is 5.35. The van der Waals surface area contributed by atoms with Gasteiger partial charge in [0.05, 0.1) is 0 Å². The Hall–Kier alpha value is -1.71. The molecule has 3 N–H and O–H groups in total. The van der Waals surface area contributed by atoms with Gasteiger partial charge in [-0.25, -0.2) is 4.98 Å². The number of hydrogen-bond donors (Lipinski definition) is 2. The highest BCUT2D eigenvalue weighted by molar-refractivity contribution is 14.0. The van der Waals surface area contributed by atoms with E-state index in [1.165, 1.54) is 19.3 Å². The number of nitrogens with zero attached hydrogens (tertiary/aromatic N) is 5. The zero-order valence-electron chi connectivity index (χ0n) is 13.0. The van der Waals surface area contributed by atoms with Crippen molar-refractivity contribution in [2.24, 2.45) is 10.7 Å². The number of rotatable bonds is 4. The van der Waals surface area contributed by atoms with E-state index in [4.69, 9.17) is 5.73 Å². The molecule has 2 aromatic rings. The summed E-state index contributed by atoms with van der Waals surface area (Å²) in [5, 5.41) is 11.5. The molecule has 0 spiro atoms. The molecule has 2 aromatic heterocycles. The number of anilines is 1. The molecule has 0 saturated carbocycles. The zero-order valence-corrected chi connectivity index (χ0v) is 15.3. The summed E-state index contributed by atoms with van der Waals surface area (Å²) in [6.45, 7) is 1.60. The van der Waals surface area contributed by atoms with E-state index in [1.54, 1.807) is 6.20 Å². The quantitative estimate of drug-likeness (QED) is 0.442. The van der Waals surface area contributed by atoms with Crippen LogP contribution in [-0.4, -0.2) is 32.3 Å². The second kappa shape index (κ2) is 8.80. The van der Waals surface area contributed by atoms with E-state index in [9.17, 15) is 0 Å². The van der Waals surface area contributed by atoms with E-state index in [-0.39, 0.29) is 24.0 Å². The lowest BCUT2D eigenvalue weighted by Gasteiger charge is -2.06. The lowest BCUT2D eigenvalue weighted by molar-refractivity contribution is 0.605. The predicted octanol–water partition coefficient (Wildman–Crippen LogP) is 1.99. The summed E-state index contributed by atoms with van der Waals surface area (Å²) in [7, 11) is 0. The van der Waals surface area contributed by atoms with Crippen molar-refractivity contribution in [3.8, 4) is 0 Å². The number of fused-ring (bicyclic) bond motifs is 1. The predicted molar refractivity (Wildman–Crippen MR) is 101 cm³/mol. The van der Waals surface area contributed by atoms with Gasteiger partial charge in [-0.3, -0.25) is 4.99 Å². The van der Waals surface area contributed by atoms with Crippen LogP contribution in [0, 0.1) is 0 Å². The standard InChI is InChI=1S/C15H21N7.HI/c16-15(19-12-6-3-4-9-17-12)18-10-8-14-21-20-13-7-2-1-5-11-22(13)14;/h3-4,6,9H,1-2,5,7-8,10-11H2,(H3,16,17,18,19);1H. The van der Waals surface area contributed by atoms with Crippen molar-refractivity contribution in [1.29, 1.82) is 0 Å². The van der Waals surface area contributed by atoms with Crippen LogP contribution in [0.5, 0.6) is 0 Å². The minimum absolute atomic E-state index is 0. The first-order valence-corrected chi connectivity index (χ1v) is 7.72. The van der Waals surface area contributed by atoms with E-state index in [1.807, 2.05) is 18.2 Å². The first-order valence-electron chi connectivity index (χ1n) is 7.72. The van der Waals surface area contributed by atoms with Gasteiger partial charge >= 0.3 is 0 Å². The molecule has 0 amide bonds. The average molecular weight is 427 g/mol. The molecule has 124 valence electrons. The molecule has 1 aliphatic heterocycles. The number of halogens is 1. The lowest BCUT2D eigenvalue weighted by Crippen LogP contribution is -2.23. The molecule has 0 bridgehead atoms. The van der Waals surface area contributed by atoms with E-state index in [0.717, 1.165) is 31.0 Å². The highest BCUT2D eigenvalue weighted by Gasteiger charge is 2.13. The molecule has 0 atom stereocenters. The van der Waals surface area contributed by atoms with Gasteiger partial charge in [0.15, 0.2) is 5.96 Å². The minimum atomic E-state index is 0. The van der Waals surface area contributed by atoms with Crippen molar-refractivity contribution in [2.45, 2.75) is 38.6 Å². The molecule has 7 nitrogen and oxygen atoms in total. The summed E-state index contributed by atoms with van der Waals surface area (Å²) >= 11 is 0. The molecule has 0 aromatic carbocycles. The third-order valence-electron chi connectivity index (χ3n) is 3.72. The molecule has 0 saturated heterocycles. The number of aromatic nitrogens is 4. The van der Waals surface area contributed by atoms with Crippen LogP contribution in [0.2, 0.25) is 0 Å². The highest BCUT2D eigenvalue weighted by atomic mass is 127. The maximum absolute atomic E-state index is 5.86. The maximum atomic E-state index is 5.86. The fourth-order valence-electron chi connectivity index (χ4n) is 2.61. The van der Waals surface area contributed by atoms with E-state index >= 15 is 0 Å². The van der Waals surface area contributed by atoms with Crippen molar-refractivity contribution in [3.05, 3.63) is 36.0 Å². The summed E-state index contributed by atoms with van der Waals surface area (Å²) in [5.41, 5.74) is 5.86. The van der Waals surface area contributed by atoms with Gasteiger partial charge in [-0.2, -0.15) is 0 Å². The fourth-order valence-corrected chi connectivity index (χ4v) is 2.61. The molecule has 0 fully saturated rings. The number of hydrogen-bond acceptors (Lipinski definition) is 4.